The van der Waals surface area contributed by atoms with Crippen LogP contribution in [-0.2, 0) is 0 Å². The number of halogens is 1. The molecule has 1 N–H and O–H groups in total. The van der Waals surface area contributed by atoms with Crippen LogP contribution >= 0.6 is 15.9 Å². The first-order valence-electron chi connectivity index (χ1n) is 7.07. The molecule has 4 heteroatoms. The van der Waals surface area contributed by atoms with Crippen molar-refractivity contribution in [1.29, 1.82) is 0 Å². The Hall–Kier alpha value is -1.13. The first-order valence-corrected chi connectivity index (χ1v) is 7.86. The summed E-state index contributed by atoms with van der Waals surface area (Å²) in [5, 5.41) is 5.81. The van der Waals surface area contributed by atoms with Gasteiger partial charge in [-0.15, -0.1) is 0 Å². The van der Waals surface area contributed by atoms with Crippen LogP contribution in [0.3, 0.4) is 0 Å². The van der Waals surface area contributed by atoms with Crippen molar-refractivity contribution in [1.82, 2.24) is 9.88 Å². The number of rotatable bonds is 6. The summed E-state index contributed by atoms with van der Waals surface area (Å²) in [6, 6.07) is 8.85. The number of hydrogen-bond acceptors (Lipinski definition) is 3. The first kappa shape index (κ1) is 15.3. The number of nitrogens with one attached hydrogen (secondary N) is 1. The van der Waals surface area contributed by atoms with E-state index in [4.69, 9.17) is 0 Å². The number of aromatic nitrogens is 1. The zero-order chi connectivity index (χ0) is 14.5. The molecule has 0 saturated carbocycles. The van der Waals surface area contributed by atoms with Gasteiger partial charge in [0.2, 0.25) is 0 Å². The molecule has 0 radical (unpaired) electrons. The lowest BCUT2D eigenvalue weighted by Gasteiger charge is -2.20. The fourth-order valence-electron chi connectivity index (χ4n) is 2.10. The SMILES string of the molecule is CC(C)N(C)CCCNc1nccc2c(Br)cccc12. The van der Waals surface area contributed by atoms with Crippen molar-refractivity contribution in [3.05, 3.63) is 34.9 Å². The van der Waals surface area contributed by atoms with Crippen molar-refractivity contribution in [2.45, 2.75) is 26.3 Å². The minimum atomic E-state index is 0.599. The van der Waals surface area contributed by atoms with Gasteiger partial charge in [0.25, 0.3) is 0 Å². The predicted octanol–water partition coefficient (Wildman–Crippen LogP) is 4.14. The Morgan fingerprint density at radius 3 is 2.80 bits per heavy atom. The molecule has 0 aliphatic rings. The number of hydrogen-bond donors (Lipinski definition) is 1. The van der Waals surface area contributed by atoms with Crippen LogP contribution in [0.2, 0.25) is 0 Å². The molecule has 0 fully saturated rings. The molecule has 0 spiro atoms. The second-order valence-electron chi connectivity index (χ2n) is 5.35. The molecule has 0 atom stereocenters. The Morgan fingerprint density at radius 2 is 2.05 bits per heavy atom. The summed E-state index contributed by atoms with van der Waals surface area (Å²) < 4.78 is 1.11. The maximum Gasteiger partial charge on any atom is 0.133 e. The molecule has 0 unspecified atom stereocenters. The number of benzene rings is 1. The molecular formula is C16H22BrN3. The lowest BCUT2D eigenvalue weighted by Crippen LogP contribution is -2.28. The number of nitrogens with zero attached hydrogens (tertiary/aromatic N) is 2. The van der Waals surface area contributed by atoms with E-state index >= 15 is 0 Å². The standard InChI is InChI=1S/C16H22BrN3/c1-12(2)20(3)11-5-9-18-16-14-6-4-7-15(17)13(14)8-10-19-16/h4,6-8,10,12H,5,9,11H2,1-3H3,(H,18,19). The van der Waals surface area contributed by atoms with E-state index in [2.05, 4.69) is 64.2 Å². The van der Waals surface area contributed by atoms with Crippen LogP contribution in [0.5, 0.6) is 0 Å². The van der Waals surface area contributed by atoms with Crippen LogP contribution in [0.25, 0.3) is 10.8 Å². The summed E-state index contributed by atoms with van der Waals surface area (Å²) in [6.45, 7) is 6.48. The lowest BCUT2D eigenvalue weighted by atomic mass is 10.1. The first-order chi connectivity index (χ1) is 9.59. The molecule has 0 saturated heterocycles. The summed E-state index contributed by atoms with van der Waals surface area (Å²) in [4.78, 5) is 6.81. The third kappa shape index (κ3) is 3.70. The monoisotopic (exact) mass is 335 g/mol. The third-order valence-corrected chi connectivity index (χ3v) is 4.31. The molecule has 0 amide bonds. The van der Waals surface area contributed by atoms with Crippen molar-refractivity contribution < 1.29 is 0 Å². The van der Waals surface area contributed by atoms with E-state index in [0.29, 0.717) is 6.04 Å². The van der Waals surface area contributed by atoms with E-state index in [1.807, 2.05) is 18.3 Å². The summed E-state index contributed by atoms with van der Waals surface area (Å²) in [6.07, 6.45) is 2.97. The molecule has 1 aromatic heterocycles. The molecule has 1 aromatic carbocycles. The molecular weight excluding hydrogens is 314 g/mol. The van der Waals surface area contributed by atoms with Gasteiger partial charge in [0.1, 0.15) is 5.82 Å². The van der Waals surface area contributed by atoms with E-state index in [1.165, 1.54) is 10.8 Å². The van der Waals surface area contributed by atoms with Gasteiger partial charge in [-0.1, -0.05) is 28.1 Å². The molecule has 2 rings (SSSR count). The van der Waals surface area contributed by atoms with Crippen LogP contribution in [0.15, 0.2) is 34.9 Å². The lowest BCUT2D eigenvalue weighted by molar-refractivity contribution is 0.273. The Morgan fingerprint density at radius 1 is 1.25 bits per heavy atom. The summed E-state index contributed by atoms with van der Waals surface area (Å²) in [5.41, 5.74) is 0. The van der Waals surface area contributed by atoms with Crippen molar-refractivity contribution >= 4 is 32.5 Å². The Kier molecular flexibility index (Phi) is 5.38. The van der Waals surface area contributed by atoms with E-state index in [9.17, 15) is 0 Å². The van der Waals surface area contributed by atoms with Crippen LogP contribution in [0, 0.1) is 0 Å². The maximum atomic E-state index is 4.45. The highest BCUT2D eigenvalue weighted by Crippen LogP contribution is 2.27. The molecule has 0 bridgehead atoms. The van der Waals surface area contributed by atoms with Crippen LogP contribution < -0.4 is 5.32 Å². The molecule has 0 aliphatic heterocycles. The molecule has 2 aromatic rings. The predicted molar refractivity (Wildman–Crippen MR) is 90.3 cm³/mol. The number of fused-ring (bicyclic) bond motifs is 1. The minimum Gasteiger partial charge on any atom is -0.370 e. The Balaban J connectivity index is 1.99. The van der Waals surface area contributed by atoms with Gasteiger partial charge >= 0.3 is 0 Å². The van der Waals surface area contributed by atoms with Crippen LogP contribution in [-0.4, -0.2) is 36.1 Å². The van der Waals surface area contributed by atoms with Crippen LogP contribution in [0.1, 0.15) is 20.3 Å². The highest BCUT2D eigenvalue weighted by Gasteiger charge is 2.05. The highest BCUT2D eigenvalue weighted by atomic mass is 79.9. The summed E-state index contributed by atoms with van der Waals surface area (Å²) in [7, 11) is 2.16. The average Bonchev–Trinajstić information content (AvgIpc) is 2.44. The van der Waals surface area contributed by atoms with E-state index in [0.717, 1.165) is 29.8 Å². The van der Waals surface area contributed by atoms with Gasteiger partial charge in [0.15, 0.2) is 0 Å². The Bertz CT molecular complexity index is 569. The molecule has 1 heterocycles. The van der Waals surface area contributed by atoms with Gasteiger partial charge < -0.3 is 10.2 Å². The highest BCUT2D eigenvalue weighted by molar-refractivity contribution is 9.10. The van der Waals surface area contributed by atoms with Gasteiger partial charge in [-0.2, -0.15) is 0 Å². The van der Waals surface area contributed by atoms with Crippen molar-refractivity contribution in [3.8, 4) is 0 Å². The van der Waals surface area contributed by atoms with Gasteiger partial charge in [-0.05, 0) is 46.0 Å². The van der Waals surface area contributed by atoms with E-state index < -0.39 is 0 Å². The van der Waals surface area contributed by atoms with Crippen LogP contribution in [0.4, 0.5) is 5.82 Å². The third-order valence-electron chi connectivity index (χ3n) is 3.61. The van der Waals surface area contributed by atoms with Crippen molar-refractivity contribution in [2.24, 2.45) is 0 Å². The zero-order valence-electron chi connectivity index (χ0n) is 12.4. The molecule has 20 heavy (non-hydrogen) atoms. The molecule has 0 aliphatic carbocycles. The normalized spacial score (nSPS) is 11.5. The fourth-order valence-corrected chi connectivity index (χ4v) is 2.60. The average molecular weight is 336 g/mol. The van der Waals surface area contributed by atoms with Gasteiger partial charge in [0, 0.05) is 34.0 Å². The molecule has 3 nitrogen and oxygen atoms in total. The summed E-state index contributed by atoms with van der Waals surface area (Å²) >= 11 is 3.59. The maximum absolute atomic E-state index is 4.45. The van der Waals surface area contributed by atoms with E-state index in [-0.39, 0.29) is 0 Å². The fraction of sp³-hybridized carbons (Fsp3) is 0.438. The second-order valence-corrected chi connectivity index (χ2v) is 6.20. The van der Waals surface area contributed by atoms with E-state index in [1.54, 1.807) is 0 Å². The van der Waals surface area contributed by atoms with Gasteiger partial charge in [-0.3, -0.25) is 0 Å². The Labute approximate surface area is 129 Å². The van der Waals surface area contributed by atoms with Crippen molar-refractivity contribution in [2.75, 3.05) is 25.5 Å². The minimum absolute atomic E-state index is 0.599. The number of anilines is 1. The largest absolute Gasteiger partial charge is 0.370 e. The quantitative estimate of drug-likeness (QED) is 0.804. The second kappa shape index (κ2) is 7.04. The smallest absolute Gasteiger partial charge is 0.133 e. The van der Waals surface area contributed by atoms with Crippen molar-refractivity contribution in [3.63, 3.8) is 0 Å². The zero-order valence-corrected chi connectivity index (χ0v) is 13.9. The van der Waals surface area contributed by atoms with Gasteiger partial charge in [0.05, 0.1) is 0 Å². The van der Waals surface area contributed by atoms with Gasteiger partial charge in [-0.25, -0.2) is 4.98 Å². The number of pyridine rings is 1. The topological polar surface area (TPSA) is 28.2 Å². The molecule has 108 valence electrons. The summed E-state index contributed by atoms with van der Waals surface area (Å²) in [5.74, 6) is 0.969.